The van der Waals surface area contributed by atoms with E-state index in [1.54, 1.807) is 4.90 Å². The van der Waals surface area contributed by atoms with Gasteiger partial charge in [0, 0.05) is 81.0 Å². The third-order valence-corrected chi connectivity index (χ3v) is 11.2. The Hall–Kier alpha value is -3.45. The number of piperidine rings is 2. The Kier molecular flexibility index (Phi) is 15.8. The summed E-state index contributed by atoms with van der Waals surface area (Å²) in [4.78, 5) is 55.4. The summed E-state index contributed by atoms with van der Waals surface area (Å²) in [5.74, 6) is -0.120. The Morgan fingerprint density at radius 2 is 1.70 bits per heavy atom. The van der Waals surface area contributed by atoms with E-state index in [0.717, 1.165) is 95.3 Å². The lowest BCUT2D eigenvalue weighted by atomic mass is 9.72. The molecule has 1 spiro atoms. The lowest BCUT2D eigenvalue weighted by molar-refractivity contribution is -0.112. The van der Waals surface area contributed by atoms with Crippen LogP contribution >= 0.6 is 11.9 Å². The number of likely N-dealkylation sites (tertiary alicyclic amines) is 1. The number of hydrogen-bond acceptors (Lipinski definition) is 10. The number of carbonyl (C=O) groups is 4. The molecule has 0 saturated carbocycles. The Bertz CT molecular complexity index is 1510. The topological polar surface area (TPSA) is 115 Å². The van der Waals surface area contributed by atoms with Gasteiger partial charge in [-0.3, -0.25) is 9.69 Å². The minimum absolute atomic E-state index is 0.120. The highest BCUT2D eigenvalue weighted by atomic mass is 32.2. The van der Waals surface area contributed by atoms with Gasteiger partial charge in [-0.15, -0.1) is 0 Å². The van der Waals surface area contributed by atoms with Gasteiger partial charge in [0.2, 0.25) is 0 Å². The molecule has 2 aromatic rings. The van der Waals surface area contributed by atoms with Gasteiger partial charge < -0.3 is 34.8 Å². The van der Waals surface area contributed by atoms with Crippen molar-refractivity contribution in [1.29, 1.82) is 0 Å². The second kappa shape index (κ2) is 19.8. The van der Waals surface area contributed by atoms with Crippen LogP contribution in [0.3, 0.4) is 0 Å². The fourth-order valence-electron chi connectivity index (χ4n) is 7.57. The van der Waals surface area contributed by atoms with Crippen LogP contribution in [-0.4, -0.2) is 110 Å². The van der Waals surface area contributed by atoms with Gasteiger partial charge in [0.05, 0.1) is 6.04 Å². The molecule has 2 amide bonds. The summed E-state index contributed by atoms with van der Waals surface area (Å²) in [5, 5.41) is 5.77. The summed E-state index contributed by atoms with van der Waals surface area (Å²) < 4.78 is 7.81. The molecule has 0 radical (unpaired) electrons. The molecule has 4 aliphatic heterocycles. The van der Waals surface area contributed by atoms with Gasteiger partial charge in [-0.1, -0.05) is 26.0 Å². The fraction of sp³-hybridized carbons (Fsp3) is 0.610. The van der Waals surface area contributed by atoms with E-state index < -0.39 is 11.6 Å². The number of ether oxygens (including phenoxy) is 1. The molecule has 3 fully saturated rings. The zero-order valence-corrected chi connectivity index (χ0v) is 33.8. The molecule has 12 heteroatoms. The van der Waals surface area contributed by atoms with Gasteiger partial charge >= 0.3 is 6.09 Å². The summed E-state index contributed by atoms with van der Waals surface area (Å²) in [7, 11) is 3.75. The highest BCUT2D eigenvalue weighted by Crippen LogP contribution is 2.42. The van der Waals surface area contributed by atoms with E-state index in [4.69, 9.17) is 4.74 Å². The normalized spacial score (nSPS) is 19.2. The molecule has 1 atom stereocenters. The first-order chi connectivity index (χ1) is 25.4. The Morgan fingerprint density at radius 3 is 2.32 bits per heavy atom. The molecule has 3 saturated heterocycles. The van der Waals surface area contributed by atoms with Gasteiger partial charge in [-0.05, 0) is 126 Å². The van der Waals surface area contributed by atoms with Crippen LogP contribution in [0.1, 0.15) is 94.6 Å². The van der Waals surface area contributed by atoms with Crippen LogP contribution in [-0.2, 0) is 27.4 Å². The van der Waals surface area contributed by atoms with Crippen LogP contribution in [0.4, 0.5) is 10.5 Å². The molecular formula is C41H62N6O5S. The van der Waals surface area contributed by atoms with E-state index in [1.807, 2.05) is 72.8 Å². The van der Waals surface area contributed by atoms with Crippen molar-refractivity contribution in [2.45, 2.75) is 109 Å². The first kappa shape index (κ1) is 42.3. The smallest absolute Gasteiger partial charge is 0.407 e. The maximum absolute atomic E-state index is 13.0. The molecular weight excluding hydrogens is 689 g/mol. The lowest BCUT2D eigenvalue weighted by Crippen LogP contribution is -2.59. The molecule has 1 unspecified atom stereocenters. The van der Waals surface area contributed by atoms with Gasteiger partial charge in [0.15, 0.2) is 0 Å². The standard InChI is InChI=1S/C37H49N5O5S.C2H7N.C2H6/c1-36(2,3)47-35(46)38-29-11-15-41(16-12-29)48-32-8-4-6-27(20-32)22-39-25-37(26-39)13-17-40(18-14-37)30-9-10-33-28(21-30)23-42(34(33)45)31(24-44)7-5-19-43;1-3-2;1-2/h4,6,8-10,19-21,24,29,31H,5,7,11-18,22-23,25-26H2,1-3H3,(H,38,46);3H,1-2H3;1-2H3. The third kappa shape index (κ3) is 11.8. The van der Waals surface area contributed by atoms with Crippen LogP contribution in [0.2, 0.25) is 0 Å². The number of alkyl carbamates (subject to hydrolysis) is 1. The average Bonchev–Trinajstić information content (AvgIpc) is 3.44. The van der Waals surface area contributed by atoms with Crippen molar-refractivity contribution in [1.82, 2.24) is 24.7 Å². The number of rotatable bonds is 11. The lowest BCUT2D eigenvalue weighted by Gasteiger charge is -2.54. The van der Waals surface area contributed by atoms with Crippen molar-refractivity contribution in [3.8, 4) is 0 Å². The molecule has 53 heavy (non-hydrogen) atoms. The first-order valence-electron chi connectivity index (χ1n) is 19.3. The minimum atomic E-state index is -0.560. The summed E-state index contributed by atoms with van der Waals surface area (Å²) in [6.07, 6.45) is 6.02. The zero-order chi connectivity index (χ0) is 38.6. The maximum atomic E-state index is 13.0. The molecule has 11 nitrogen and oxygen atoms in total. The maximum Gasteiger partial charge on any atom is 0.407 e. The molecule has 0 aromatic heterocycles. The number of fused-ring (bicyclic) bond motifs is 1. The second-order valence-corrected chi connectivity index (χ2v) is 16.6. The SMILES string of the molecule is CC.CC(C)(C)OC(=O)NC1CCN(Sc2cccc(CN3CC4(CCN(c5ccc6c(c5)CN(C(C=O)CCC=O)C6=O)CC4)C3)c2)CC1.CNC. The summed E-state index contributed by atoms with van der Waals surface area (Å²) in [6, 6.07) is 14.6. The monoisotopic (exact) mass is 750 g/mol. The highest BCUT2D eigenvalue weighted by molar-refractivity contribution is 7.97. The molecule has 0 bridgehead atoms. The van der Waals surface area contributed by atoms with Crippen molar-refractivity contribution in [2.24, 2.45) is 5.41 Å². The van der Waals surface area contributed by atoms with E-state index in [1.165, 1.54) is 10.5 Å². The number of hydrogen-bond donors (Lipinski definition) is 2. The number of aldehydes is 2. The number of nitrogens with zero attached hydrogens (tertiary/aromatic N) is 4. The van der Waals surface area contributed by atoms with Gasteiger partial charge in [0.1, 0.15) is 18.2 Å². The molecule has 2 aromatic carbocycles. The van der Waals surface area contributed by atoms with Crippen LogP contribution < -0.4 is 15.5 Å². The number of anilines is 1. The van der Waals surface area contributed by atoms with Crippen molar-refractivity contribution in [3.05, 3.63) is 59.2 Å². The Labute approximate surface area is 321 Å². The van der Waals surface area contributed by atoms with Gasteiger partial charge in [0.25, 0.3) is 5.91 Å². The molecule has 6 rings (SSSR count). The van der Waals surface area contributed by atoms with E-state index in [0.29, 0.717) is 23.9 Å². The third-order valence-electron chi connectivity index (χ3n) is 10.1. The minimum Gasteiger partial charge on any atom is -0.444 e. The Balaban J connectivity index is 0.00000119. The van der Waals surface area contributed by atoms with E-state index in [2.05, 4.69) is 55.1 Å². The first-order valence-corrected chi connectivity index (χ1v) is 20.1. The summed E-state index contributed by atoms with van der Waals surface area (Å²) >= 11 is 1.81. The number of nitrogens with one attached hydrogen (secondary N) is 2. The molecule has 4 heterocycles. The van der Waals surface area contributed by atoms with E-state index in [9.17, 15) is 19.2 Å². The Morgan fingerprint density at radius 1 is 1.02 bits per heavy atom. The summed E-state index contributed by atoms with van der Waals surface area (Å²) in [5.41, 5.74) is 4.01. The van der Waals surface area contributed by atoms with Crippen LogP contribution in [0.25, 0.3) is 0 Å². The van der Waals surface area contributed by atoms with E-state index in [-0.39, 0.29) is 24.5 Å². The van der Waals surface area contributed by atoms with Crippen molar-refractivity contribution < 1.29 is 23.9 Å². The molecule has 292 valence electrons. The van der Waals surface area contributed by atoms with Gasteiger partial charge in [-0.2, -0.15) is 0 Å². The second-order valence-electron chi connectivity index (χ2n) is 15.4. The van der Waals surface area contributed by atoms with Crippen molar-refractivity contribution in [3.63, 3.8) is 0 Å². The van der Waals surface area contributed by atoms with Crippen molar-refractivity contribution in [2.75, 3.05) is 58.3 Å². The van der Waals surface area contributed by atoms with Crippen molar-refractivity contribution >= 4 is 42.2 Å². The fourth-order valence-corrected chi connectivity index (χ4v) is 8.61. The predicted molar refractivity (Wildman–Crippen MR) is 213 cm³/mol. The number of amides is 2. The quantitative estimate of drug-likeness (QED) is 0.205. The van der Waals surface area contributed by atoms with Gasteiger partial charge in [-0.25, -0.2) is 9.10 Å². The molecule has 0 aliphatic carbocycles. The van der Waals surface area contributed by atoms with E-state index >= 15 is 0 Å². The number of benzene rings is 2. The van der Waals surface area contributed by atoms with Crippen LogP contribution in [0.15, 0.2) is 47.4 Å². The molecule has 2 N–H and O–H groups in total. The van der Waals surface area contributed by atoms with Crippen LogP contribution in [0.5, 0.6) is 0 Å². The summed E-state index contributed by atoms with van der Waals surface area (Å²) in [6.45, 7) is 17.1. The largest absolute Gasteiger partial charge is 0.444 e. The number of carbonyl (C=O) groups excluding carboxylic acids is 4. The average molecular weight is 751 g/mol. The zero-order valence-electron chi connectivity index (χ0n) is 33.0. The molecule has 4 aliphatic rings. The highest BCUT2D eigenvalue weighted by Gasteiger charge is 2.44. The predicted octanol–water partition coefficient (Wildman–Crippen LogP) is 6.15. The van der Waals surface area contributed by atoms with Crippen LogP contribution in [0, 0.1) is 5.41 Å².